The van der Waals surface area contributed by atoms with Crippen molar-refractivity contribution in [3.05, 3.63) is 23.4 Å². The molecule has 1 rings (SSSR count). The Morgan fingerprint density at radius 1 is 1.40 bits per heavy atom. The van der Waals surface area contributed by atoms with Gasteiger partial charge in [0.15, 0.2) is 0 Å². The number of nitrogens with zero attached hydrogens (tertiary/aromatic N) is 2. The van der Waals surface area contributed by atoms with Crippen LogP contribution in [-0.2, 0) is 6.18 Å². The molecule has 7 heteroatoms. The fourth-order valence-electron chi connectivity index (χ4n) is 1.67. The van der Waals surface area contributed by atoms with E-state index in [4.69, 9.17) is 11.1 Å². The Balaban J connectivity index is 3.15. The van der Waals surface area contributed by atoms with Gasteiger partial charge in [0.1, 0.15) is 17.3 Å². The number of nitrogens with one attached hydrogen (secondary N) is 1. The molecule has 0 amide bonds. The lowest BCUT2D eigenvalue weighted by Gasteiger charge is -2.22. The second-order valence-electron chi connectivity index (χ2n) is 5.08. The van der Waals surface area contributed by atoms with E-state index in [2.05, 4.69) is 4.98 Å². The first-order valence-electron chi connectivity index (χ1n) is 6.26. The molecule has 0 unspecified atom stereocenters. The van der Waals surface area contributed by atoms with Gasteiger partial charge in [-0.3, -0.25) is 5.41 Å². The number of halogens is 3. The summed E-state index contributed by atoms with van der Waals surface area (Å²) < 4.78 is 38.1. The molecule has 3 N–H and O–H groups in total. The number of aromatic nitrogens is 1. The van der Waals surface area contributed by atoms with Crippen LogP contribution in [0, 0.1) is 11.3 Å². The number of anilines is 1. The molecule has 1 aromatic rings. The molecule has 0 bridgehead atoms. The second kappa shape index (κ2) is 6.11. The molecule has 1 aromatic heterocycles. The highest BCUT2D eigenvalue weighted by atomic mass is 19.4. The molecular weight excluding hydrogens is 269 g/mol. The summed E-state index contributed by atoms with van der Waals surface area (Å²) in [4.78, 5) is 5.23. The van der Waals surface area contributed by atoms with Crippen LogP contribution >= 0.6 is 0 Å². The number of hydrogen-bond donors (Lipinski definition) is 2. The normalized spacial score (nSPS) is 11.8. The van der Waals surface area contributed by atoms with Gasteiger partial charge in [0.25, 0.3) is 0 Å². The van der Waals surface area contributed by atoms with Crippen molar-refractivity contribution in [1.29, 1.82) is 5.41 Å². The van der Waals surface area contributed by atoms with Crippen molar-refractivity contribution >= 4 is 11.7 Å². The molecule has 4 nitrogen and oxygen atoms in total. The van der Waals surface area contributed by atoms with Crippen LogP contribution in [0.1, 0.15) is 31.5 Å². The van der Waals surface area contributed by atoms with Gasteiger partial charge < -0.3 is 10.6 Å². The van der Waals surface area contributed by atoms with Gasteiger partial charge in [-0.1, -0.05) is 13.8 Å². The zero-order valence-corrected chi connectivity index (χ0v) is 11.8. The molecule has 0 aromatic carbocycles. The highest BCUT2D eigenvalue weighted by Crippen LogP contribution is 2.30. The minimum Gasteiger partial charge on any atom is -0.384 e. The van der Waals surface area contributed by atoms with Crippen LogP contribution in [0.25, 0.3) is 0 Å². The molecule has 20 heavy (non-hydrogen) atoms. The first kappa shape index (κ1) is 16.3. The Labute approximate surface area is 116 Å². The van der Waals surface area contributed by atoms with E-state index in [-0.39, 0.29) is 17.2 Å². The Bertz CT molecular complexity index is 483. The zero-order valence-electron chi connectivity index (χ0n) is 11.8. The maximum absolute atomic E-state index is 12.7. The Morgan fingerprint density at radius 3 is 2.45 bits per heavy atom. The number of alkyl halides is 3. The van der Waals surface area contributed by atoms with Crippen LogP contribution in [0.3, 0.4) is 0 Å². The summed E-state index contributed by atoms with van der Waals surface area (Å²) in [7, 11) is 1.65. The Kier molecular flexibility index (Phi) is 4.97. The molecule has 112 valence electrons. The summed E-state index contributed by atoms with van der Waals surface area (Å²) in [5.41, 5.74) is 4.64. The molecule has 1 heterocycles. The van der Waals surface area contributed by atoms with Crippen molar-refractivity contribution < 1.29 is 13.2 Å². The highest BCUT2D eigenvalue weighted by Gasteiger charge is 2.33. The van der Waals surface area contributed by atoms with Crippen molar-refractivity contribution in [3.63, 3.8) is 0 Å². The summed E-state index contributed by atoms with van der Waals surface area (Å²) in [6, 6.07) is 2.04. The third-order valence-electron chi connectivity index (χ3n) is 2.86. The van der Waals surface area contributed by atoms with Gasteiger partial charge in [-0.2, -0.15) is 13.2 Å². The first-order valence-corrected chi connectivity index (χ1v) is 6.26. The number of hydrogen-bond acceptors (Lipinski definition) is 3. The quantitative estimate of drug-likeness (QED) is 0.646. The summed E-state index contributed by atoms with van der Waals surface area (Å²) >= 11 is 0. The molecule has 0 fully saturated rings. The number of pyridine rings is 1. The predicted molar refractivity (Wildman–Crippen MR) is 73.0 cm³/mol. The second-order valence-corrected chi connectivity index (χ2v) is 5.08. The fraction of sp³-hybridized carbons (Fsp3) is 0.538. The lowest BCUT2D eigenvalue weighted by Crippen LogP contribution is -2.26. The van der Waals surface area contributed by atoms with E-state index >= 15 is 0 Å². The molecule has 0 radical (unpaired) electrons. The van der Waals surface area contributed by atoms with Crippen molar-refractivity contribution in [2.24, 2.45) is 11.7 Å². The average Bonchev–Trinajstić information content (AvgIpc) is 2.33. The van der Waals surface area contributed by atoms with Gasteiger partial charge in [-0.25, -0.2) is 4.98 Å². The summed E-state index contributed by atoms with van der Waals surface area (Å²) in [5.74, 6) is 0.217. The van der Waals surface area contributed by atoms with E-state index in [9.17, 15) is 13.2 Å². The number of rotatable bonds is 5. The molecule has 0 saturated carbocycles. The van der Waals surface area contributed by atoms with Gasteiger partial charge in [0.05, 0.1) is 5.56 Å². The smallest absolute Gasteiger partial charge is 0.384 e. The number of nitrogens with two attached hydrogens (primary N) is 1. The molecule has 0 saturated heterocycles. The van der Waals surface area contributed by atoms with Gasteiger partial charge in [-0.15, -0.1) is 0 Å². The van der Waals surface area contributed by atoms with Crippen LogP contribution < -0.4 is 10.6 Å². The maximum Gasteiger partial charge on any atom is 0.433 e. The molecule has 0 aliphatic carbocycles. The minimum atomic E-state index is -4.51. The van der Waals surface area contributed by atoms with Gasteiger partial charge in [0.2, 0.25) is 0 Å². The highest BCUT2D eigenvalue weighted by molar-refractivity contribution is 5.99. The molecule has 0 atom stereocenters. The third kappa shape index (κ3) is 4.11. The van der Waals surface area contributed by atoms with E-state index < -0.39 is 11.9 Å². The topological polar surface area (TPSA) is 66.0 Å². The van der Waals surface area contributed by atoms with E-state index in [0.29, 0.717) is 12.5 Å². The first-order chi connectivity index (χ1) is 9.12. The van der Waals surface area contributed by atoms with E-state index in [1.807, 2.05) is 13.8 Å². The largest absolute Gasteiger partial charge is 0.433 e. The standard InChI is InChI=1S/C13H19F3N4/c1-8(2)6-7-20(3)12-9(11(17)18)4-5-10(19-12)13(14,15)16/h4-5,8H,6-7H2,1-3H3,(H3,17,18). The molecule has 0 aliphatic rings. The lowest BCUT2D eigenvalue weighted by molar-refractivity contribution is -0.141. The predicted octanol–water partition coefficient (Wildman–Crippen LogP) is 2.87. The van der Waals surface area contributed by atoms with Gasteiger partial charge >= 0.3 is 6.18 Å². The van der Waals surface area contributed by atoms with Crippen molar-refractivity contribution in [2.45, 2.75) is 26.4 Å². The molecule has 0 spiro atoms. The third-order valence-corrected chi connectivity index (χ3v) is 2.86. The monoisotopic (exact) mass is 288 g/mol. The maximum atomic E-state index is 12.7. The van der Waals surface area contributed by atoms with Crippen LogP contribution in [-0.4, -0.2) is 24.4 Å². The van der Waals surface area contributed by atoms with E-state index in [1.165, 1.54) is 6.07 Å². The van der Waals surface area contributed by atoms with E-state index in [0.717, 1.165) is 12.5 Å². The molecular formula is C13H19F3N4. The molecule has 0 aliphatic heterocycles. The van der Waals surface area contributed by atoms with Crippen LogP contribution in [0.2, 0.25) is 0 Å². The fourth-order valence-corrected chi connectivity index (χ4v) is 1.67. The van der Waals surface area contributed by atoms with Crippen LogP contribution in [0.15, 0.2) is 12.1 Å². The Hall–Kier alpha value is -1.79. The lowest BCUT2D eigenvalue weighted by atomic mass is 10.1. The van der Waals surface area contributed by atoms with Crippen molar-refractivity contribution in [1.82, 2.24) is 4.98 Å². The summed E-state index contributed by atoms with van der Waals surface area (Å²) in [6.45, 7) is 4.60. The van der Waals surface area contributed by atoms with Gasteiger partial charge in [0, 0.05) is 13.6 Å². The summed E-state index contributed by atoms with van der Waals surface area (Å²) in [5, 5.41) is 7.44. The van der Waals surface area contributed by atoms with Crippen LogP contribution in [0.4, 0.5) is 19.0 Å². The van der Waals surface area contributed by atoms with Gasteiger partial charge in [-0.05, 0) is 24.5 Å². The average molecular weight is 288 g/mol. The minimum absolute atomic E-state index is 0.0907. The number of nitrogen functional groups attached to an aromatic ring is 1. The van der Waals surface area contributed by atoms with Crippen LogP contribution in [0.5, 0.6) is 0 Å². The van der Waals surface area contributed by atoms with Crippen molar-refractivity contribution in [3.8, 4) is 0 Å². The summed E-state index contributed by atoms with van der Waals surface area (Å²) in [6.07, 6.45) is -3.70. The SMILES string of the molecule is CC(C)CCN(C)c1nc(C(F)(F)F)ccc1C(=N)N. The van der Waals surface area contributed by atoms with E-state index in [1.54, 1.807) is 11.9 Å². The van der Waals surface area contributed by atoms with Crippen molar-refractivity contribution in [2.75, 3.05) is 18.5 Å². The zero-order chi connectivity index (χ0) is 15.5. The Morgan fingerprint density at radius 2 is 2.00 bits per heavy atom. The number of amidine groups is 1.